The van der Waals surface area contributed by atoms with Crippen molar-refractivity contribution in [3.8, 4) is 11.5 Å². The number of sulfonamides is 1. The number of halogens is 3. The molecule has 1 saturated heterocycles. The lowest BCUT2D eigenvalue weighted by Gasteiger charge is -2.25. The van der Waals surface area contributed by atoms with Gasteiger partial charge in [-0.25, -0.2) is 18.2 Å². The summed E-state index contributed by atoms with van der Waals surface area (Å²) in [6.45, 7) is 3.59. The van der Waals surface area contributed by atoms with Crippen LogP contribution in [0.2, 0.25) is 0 Å². The molecule has 194 valence electrons. The largest absolute Gasteiger partial charge is 0.490 e. The van der Waals surface area contributed by atoms with Crippen molar-refractivity contribution in [2.45, 2.75) is 17.6 Å². The van der Waals surface area contributed by atoms with E-state index in [9.17, 15) is 21.6 Å². The highest BCUT2D eigenvalue weighted by molar-refractivity contribution is 7.93. The Bertz CT molecular complexity index is 1230. The molecule has 0 spiro atoms. The number of alkyl halides is 3. The lowest BCUT2D eigenvalue weighted by atomic mass is 10.3. The second-order valence-corrected chi connectivity index (χ2v) is 9.63. The third kappa shape index (κ3) is 8.44. The molecule has 15 heteroatoms. The van der Waals surface area contributed by atoms with Crippen molar-refractivity contribution in [3.63, 3.8) is 0 Å². The smallest absolute Gasteiger partial charge is 0.475 e. The van der Waals surface area contributed by atoms with Crippen molar-refractivity contribution in [1.29, 1.82) is 0 Å². The Labute approximate surface area is 208 Å². The van der Waals surface area contributed by atoms with Crippen LogP contribution in [0.4, 0.5) is 18.3 Å². The lowest BCUT2D eigenvalue weighted by Crippen LogP contribution is -2.35. The molecule has 0 amide bonds. The molecule has 0 saturated carbocycles. The van der Waals surface area contributed by atoms with E-state index in [-0.39, 0.29) is 10.0 Å². The summed E-state index contributed by atoms with van der Waals surface area (Å²) in [6, 6.07) is 15.5. The molecule has 36 heavy (non-hydrogen) atoms. The summed E-state index contributed by atoms with van der Waals surface area (Å²) in [5.74, 6) is -0.921. The molecule has 0 atom stereocenters. The zero-order valence-electron chi connectivity index (χ0n) is 18.5. The van der Waals surface area contributed by atoms with Gasteiger partial charge in [0, 0.05) is 24.6 Å². The zero-order valence-corrected chi connectivity index (χ0v) is 20.1. The minimum absolute atomic E-state index is 0.128. The highest BCUT2D eigenvalue weighted by Gasteiger charge is 2.38. The minimum Gasteiger partial charge on any atom is -0.475 e. The summed E-state index contributed by atoms with van der Waals surface area (Å²) in [6.07, 6.45) is -5.08. The molecule has 1 aromatic heterocycles. The number of anilines is 1. The van der Waals surface area contributed by atoms with Gasteiger partial charge < -0.3 is 14.6 Å². The SMILES string of the molecule is O=C(O)C(F)(F)F.O=S(=O)(Nc1nc(CN2CCOCC2)ns1)c1ccc(Oc2ccccc2)cc1. The minimum atomic E-state index is -5.08. The number of ether oxygens (including phenoxy) is 2. The molecule has 10 nitrogen and oxygen atoms in total. The number of morpholine rings is 1. The Kier molecular flexibility index (Phi) is 9.19. The summed E-state index contributed by atoms with van der Waals surface area (Å²) in [5, 5.41) is 7.37. The van der Waals surface area contributed by atoms with E-state index in [1.807, 2.05) is 30.3 Å². The predicted octanol–water partition coefficient (Wildman–Crippen LogP) is 3.60. The zero-order chi connectivity index (χ0) is 26.2. The lowest BCUT2D eigenvalue weighted by molar-refractivity contribution is -0.192. The van der Waals surface area contributed by atoms with Gasteiger partial charge in [-0.05, 0) is 36.4 Å². The quantitative estimate of drug-likeness (QED) is 0.456. The van der Waals surface area contributed by atoms with Crippen LogP contribution in [0.15, 0.2) is 59.5 Å². The number of nitrogens with zero attached hydrogens (tertiary/aromatic N) is 3. The van der Waals surface area contributed by atoms with Crippen LogP contribution < -0.4 is 9.46 Å². The summed E-state index contributed by atoms with van der Waals surface area (Å²) in [5.41, 5.74) is 0. The summed E-state index contributed by atoms with van der Waals surface area (Å²) < 4.78 is 74.8. The van der Waals surface area contributed by atoms with E-state index >= 15 is 0 Å². The van der Waals surface area contributed by atoms with Crippen LogP contribution >= 0.6 is 11.5 Å². The monoisotopic (exact) mass is 546 g/mol. The Morgan fingerprint density at radius 1 is 1.08 bits per heavy atom. The van der Waals surface area contributed by atoms with Crippen molar-refractivity contribution >= 4 is 32.7 Å². The summed E-state index contributed by atoms with van der Waals surface area (Å²) in [7, 11) is -3.75. The maximum Gasteiger partial charge on any atom is 0.490 e. The molecule has 0 unspecified atom stereocenters. The second kappa shape index (κ2) is 12.1. The molecule has 0 bridgehead atoms. The van der Waals surface area contributed by atoms with Crippen molar-refractivity contribution in [2.24, 2.45) is 0 Å². The maximum atomic E-state index is 12.6. The number of aromatic nitrogens is 2. The average Bonchev–Trinajstić information content (AvgIpc) is 3.26. The third-order valence-corrected chi connectivity index (χ3v) is 6.67. The first-order chi connectivity index (χ1) is 17.0. The Morgan fingerprint density at radius 3 is 2.25 bits per heavy atom. The van der Waals surface area contributed by atoms with Gasteiger partial charge in [0.15, 0.2) is 5.82 Å². The van der Waals surface area contributed by atoms with Crippen LogP contribution in [0.25, 0.3) is 0 Å². The normalized spacial score (nSPS) is 14.4. The summed E-state index contributed by atoms with van der Waals surface area (Å²) >= 11 is 1.03. The fourth-order valence-electron chi connectivity index (χ4n) is 2.80. The van der Waals surface area contributed by atoms with Crippen LogP contribution in [-0.2, 0) is 26.1 Å². The van der Waals surface area contributed by atoms with Gasteiger partial charge in [0.2, 0.25) is 5.13 Å². The predicted molar refractivity (Wildman–Crippen MR) is 123 cm³/mol. The van der Waals surface area contributed by atoms with Gasteiger partial charge in [-0.3, -0.25) is 9.62 Å². The van der Waals surface area contributed by atoms with E-state index in [0.29, 0.717) is 37.1 Å². The number of para-hydroxylation sites is 1. The number of hydrogen-bond donors (Lipinski definition) is 2. The van der Waals surface area contributed by atoms with Crippen LogP contribution in [0.3, 0.4) is 0 Å². The third-order valence-electron chi connectivity index (χ3n) is 4.51. The highest BCUT2D eigenvalue weighted by Crippen LogP contribution is 2.24. The van der Waals surface area contributed by atoms with Crippen molar-refractivity contribution in [3.05, 3.63) is 60.4 Å². The molecule has 2 N–H and O–H groups in total. The first-order valence-electron chi connectivity index (χ1n) is 10.3. The van der Waals surface area contributed by atoms with Gasteiger partial charge in [0.25, 0.3) is 10.0 Å². The number of carboxylic acid groups (broad SMARTS) is 1. The van der Waals surface area contributed by atoms with Gasteiger partial charge in [-0.1, -0.05) is 18.2 Å². The number of carbonyl (C=O) groups is 1. The molecule has 0 aliphatic carbocycles. The number of carboxylic acids is 1. The van der Waals surface area contributed by atoms with E-state index in [4.69, 9.17) is 19.4 Å². The number of rotatable bonds is 7. The Balaban J connectivity index is 0.000000454. The van der Waals surface area contributed by atoms with E-state index in [0.717, 1.165) is 24.6 Å². The molecule has 4 rings (SSSR count). The molecule has 1 aliphatic rings. The molecule has 3 aromatic rings. The van der Waals surface area contributed by atoms with Gasteiger partial charge in [0.05, 0.1) is 24.7 Å². The number of benzene rings is 2. The fourth-order valence-corrected chi connectivity index (χ4v) is 4.61. The van der Waals surface area contributed by atoms with E-state index < -0.39 is 22.2 Å². The number of aliphatic carboxylic acids is 1. The van der Waals surface area contributed by atoms with Gasteiger partial charge in [-0.2, -0.15) is 17.5 Å². The Morgan fingerprint density at radius 2 is 1.67 bits per heavy atom. The molecule has 0 radical (unpaired) electrons. The fraction of sp³-hybridized carbons (Fsp3) is 0.286. The molecular formula is C21H21F3N4O6S2. The molecule has 2 heterocycles. The van der Waals surface area contributed by atoms with Crippen LogP contribution in [0.5, 0.6) is 11.5 Å². The van der Waals surface area contributed by atoms with Crippen molar-refractivity contribution < 1.29 is 41.0 Å². The van der Waals surface area contributed by atoms with Gasteiger partial charge in [-0.15, -0.1) is 0 Å². The summed E-state index contributed by atoms with van der Waals surface area (Å²) in [4.78, 5) is 15.5. The maximum absolute atomic E-state index is 12.6. The van der Waals surface area contributed by atoms with Crippen molar-refractivity contribution in [2.75, 3.05) is 31.0 Å². The average molecular weight is 547 g/mol. The van der Waals surface area contributed by atoms with E-state index in [1.54, 1.807) is 12.1 Å². The molecular weight excluding hydrogens is 525 g/mol. The first-order valence-corrected chi connectivity index (χ1v) is 12.6. The van der Waals surface area contributed by atoms with Gasteiger partial charge in [0.1, 0.15) is 11.5 Å². The Hall–Kier alpha value is -3.27. The second-order valence-electron chi connectivity index (χ2n) is 7.20. The standard InChI is InChI=1S/C19H20N4O4S2.C2HF3O2/c24-29(25,17-8-6-16(7-9-17)27-15-4-2-1-3-5-15)22-19-20-18(21-28-19)14-23-10-12-26-13-11-23;3-2(4,5)1(6)7/h1-9H,10-14H2,(H,20,21,22);(H,6,7). The van der Waals surface area contributed by atoms with Gasteiger partial charge >= 0.3 is 12.1 Å². The highest BCUT2D eigenvalue weighted by atomic mass is 32.2. The van der Waals surface area contributed by atoms with Crippen LogP contribution in [-0.4, -0.2) is 66.2 Å². The first kappa shape index (κ1) is 27.3. The topological polar surface area (TPSA) is 131 Å². The number of nitrogens with one attached hydrogen (secondary N) is 1. The van der Waals surface area contributed by atoms with Crippen LogP contribution in [0.1, 0.15) is 5.82 Å². The van der Waals surface area contributed by atoms with E-state index in [1.165, 1.54) is 12.1 Å². The van der Waals surface area contributed by atoms with Crippen LogP contribution in [0, 0.1) is 0 Å². The van der Waals surface area contributed by atoms with E-state index in [2.05, 4.69) is 19.0 Å². The van der Waals surface area contributed by atoms with Crippen molar-refractivity contribution in [1.82, 2.24) is 14.3 Å². The molecule has 1 fully saturated rings. The molecule has 1 aliphatic heterocycles. The number of hydrogen-bond acceptors (Lipinski definition) is 9. The molecule has 2 aromatic carbocycles.